The summed E-state index contributed by atoms with van der Waals surface area (Å²) in [6.45, 7) is 1.88. The van der Waals surface area contributed by atoms with Crippen molar-refractivity contribution < 1.29 is 19.8 Å². The third kappa shape index (κ3) is 1.98. The van der Waals surface area contributed by atoms with Crippen LogP contribution in [0.1, 0.15) is 19.8 Å². The minimum Gasteiger partial charge on any atom is -0.480 e. The minimum atomic E-state index is -1.04. The van der Waals surface area contributed by atoms with Crippen LogP contribution in [0.4, 0.5) is 0 Å². The van der Waals surface area contributed by atoms with E-state index in [2.05, 4.69) is 5.11 Å². The average Bonchev–Trinajstić information content (AvgIpc) is 2.60. The summed E-state index contributed by atoms with van der Waals surface area (Å²) in [7, 11) is 0. The smallest absolute Gasteiger partial charge is 0.326 e. The van der Waals surface area contributed by atoms with Gasteiger partial charge in [0, 0.05) is 19.4 Å². The highest BCUT2D eigenvalue weighted by Crippen LogP contribution is 2.18. The van der Waals surface area contributed by atoms with Gasteiger partial charge in [-0.25, -0.2) is 4.79 Å². The van der Waals surface area contributed by atoms with Gasteiger partial charge in [-0.15, -0.1) is 0 Å². The van der Waals surface area contributed by atoms with Crippen LogP contribution in [0.2, 0.25) is 0 Å². The first kappa shape index (κ1) is 8.50. The lowest BCUT2D eigenvalue weighted by Crippen LogP contribution is -2.40. The zero-order valence-corrected chi connectivity index (χ0v) is 7.40. The normalized spacial score (nSPS) is 28.7. The van der Waals surface area contributed by atoms with Crippen LogP contribution in [0.5, 0.6) is 0 Å². The zero-order valence-electron chi connectivity index (χ0n) is 8.40. The second-order valence-corrected chi connectivity index (χ2v) is 3.11. The van der Waals surface area contributed by atoms with Gasteiger partial charge in [0.15, 0.2) is 0 Å². The molecule has 0 bridgehead atoms. The topological polar surface area (TPSA) is 77.8 Å². The van der Waals surface area contributed by atoms with Crippen LogP contribution in [0.3, 0.4) is 0 Å². The van der Waals surface area contributed by atoms with Gasteiger partial charge in [-0.1, -0.05) is 6.92 Å². The number of hydrogen-bond acceptors (Lipinski definition) is 3. The predicted molar refractivity (Wildman–Crippen MR) is 44.1 cm³/mol. The molecule has 1 aliphatic heterocycles. The van der Waals surface area contributed by atoms with E-state index in [9.17, 15) is 9.59 Å². The molecule has 5 nitrogen and oxygen atoms in total. The molecule has 0 radical (unpaired) electrons. The Bertz CT molecular complexity index is 245. The Morgan fingerprint density at radius 1 is 1.69 bits per heavy atom. The molecular formula is C8H13NO4. The van der Waals surface area contributed by atoms with E-state index in [1.165, 1.54) is 4.90 Å². The molecule has 74 valence electrons. The van der Waals surface area contributed by atoms with Crippen LogP contribution >= 0.6 is 0 Å². The van der Waals surface area contributed by atoms with E-state index in [0.29, 0.717) is 0 Å². The molecule has 1 saturated heterocycles. The highest BCUT2D eigenvalue weighted by atomic mass is 16.4. The lowest BCUT2D eigenvalue weighted by atomic mass is 10.2. The van der Waals surface area contributed by atoms with Gasteiger partial charge < -0.3 is 15.1 Å². The van der Waals surface area contributed by atoms with Crippen molar-refractivity contribution in [1.82, 2.24) is 4.90 Å². The summed E-state index contributed by atoms with van der Waals surface area (Å²) in [6.07, 6.45) is -0.00870. The maximum absolute atomic E-state index is 11.3. The molecule has 1 amide bonds. The fourth-order valence-corrected chi connectivity index (χ4v) is 1.51. The van der Waals surface area contributed by atoms with Gasteiger partial charge in [0.25, 0.3) is 0 Å². The van der Waals surface area contributed by atoms with Gasteiger partial charge in [0.1, 0.15) is 6.04 Å². The Hall–Kier alpha value is -1.10. The minimum absolute atomic E-state index is 0.199. The maximum Gasteiger partial charge on any atom is 0.326 e. The van der Waals surface area contributed by atoms with Crippen molar-refractivity contribution in [2.45, 2.75) is 31.9 Å². The molecule has 0 aromatic heterocycles. The van der Waals surface area contributed by atoms with Gasteiger partial charge in [-0.2, -0.15) is 0 Å². The summed E-state index contributed by atoms with van der Waals surface area (Å²) in [4.78, 5) is 23.4. The Morgan fingerprint density at radius 3 is 2.85 bits per heavy atom. The number of rotatable bonds is 3. The van der Waals surface area contributed by atoms with Crippen LogP contribution in [0, 0.1) is 0 Å². The molecule has 1 aliphatic rings. The summed E-state index contributed by atoms with van der Waals surface area (Å²) in [5.74, 6) is -1.25. The number of amides is 1. The van der Waals surface area contributed by atoms with Gasteiger partial charge in [0.05, 0.1) is 6.10 Å². The van der Waals surface area contributed by atoms with Gasteiger partial charge in [-0.05, 0) is 0 Å². The van der Waals surface area contributed by atoms with Crippen molar-refractivity contribution in [2.75, 3.05) is 6.54 Å². The Morgan fingerprint density at radius 2 is 2.38 bits per heavy atom. The molecule has 1 heterocycles. The molecule has 2 N–H and O–H groups in total. The van der Waals surface area contributed by atoms with Crippen molar-refractivity contribution in [3.63, 3.8) is 0 Å². The highest BCUT2D eigenvalue weighted by Gasteiger charge is 2.37. The lowest BCUT2D eigenvalue weighted by Gasteiger charge is -2.19. The number of carbonyl (C=O) groups is 2. The molecular weight excluding hydrogens is 174 g/mol. The second kappa shape index (κ2) is 3.74. The van der Waals surface area contributed by atoms with Gasteiger partial charge >= 0.3 is 5.97 Å². The lowest BCUT2D eigenvalue weighted by molar-refractivity contribution is -0.148. The summed E-state index contributed by atoms with van der Waals surface area (Å²) < 4.78 is 6.69. The number of likely N-dealkylation sites (tertiary alicyclic amines) is 1. The zero-order chi connectivity index (χ0) is 10.7. The van der Waals surface area contributed by atoms with Crippen molar-refractivity contribution in [3.05, 3.63) is 0 Å². The number of aliphatic hydroxyl groups is 1. The molecule has 0 saturated carbocycles. The Kier molecular flexibility index (Phi) is 2.44. The fourth-order valence-electron chi connectivity index (χ4n) is 1.51. The molecule has 2 atom stereocenters. The quantitative estimate of drug-likeness (QED) is 0.622. The molecule has 1 rings (SSSR count). The highest BCUT2D eigenvalue weighted by molar-refractivity contribution is 5.84. The molecule has 0 spiro atoms. The molecule has 1 fully saturated rings. The standard InChI is InChI=1S/C8H13NO4/c1-2-7(11)9-4-5(10)3-6(9)8(12)13/h5-6,10H,2-4H2,1H3,(H,12,13)/t5-,6+/m1/s1/i10D. The van der Waals surface area contributed by atoms with Crippen LogP contribution in [-0.4, -0.2) is 47.1 Å². The maximum atomic E-state index is 11.3. The molecule has 13 heavy (non-hydrogen) atoms. The first-order chi connectivity index (χ1) is 6.60. The van der Waals surface area contributed by atoms with E-state index in [1.54, 1.807) is 6.92 Å². The monoisotopic (exact) mass is 188 g/mol. The third-order valence-electron chi connectivity index (χ3n) is 2.17. The molecule has 0 aliphatic carbocycles. The first-order valence-corrected chi connectivity index (χ1v) is 4.24. The number of β-amino-alcohol motifs (C(OH)–C–C–N with tert-alkyl or cyclic N) is 1. The van der Waals surface area contributed by atoms with Crippen molar-refractivity contribution in [3.8, 4) is 0 Å². The first-order valence-electron chi connectivity index (χ1n) is 4.65. The average molecular weight is 188 g/mol. The molecule has 0 unspecified atom stereocenters. The van der Waals surface area contributed by atoms with Crippen molar-refractivity contribution in [1.29, 1.82) is 1.43 Å². The van der Waals surface area contributed by atoms with Crippen LogP contribution in [0.25, 0.3) is 0 Å². The number of nitrogens with zero attached hydrogens (tertiary/aromatic N) is 1. The number of hydrogen-bond donors (Lipinski definition) is 2. The summed E-state index contributed by atoms with van der Waals surface area (Å²) in [5.41, 5.74) is 0. The number of carbonyl (C=O) groups excluding carboxylic acids is 1. The van der Waals surface area contributed by atoms with E-state index in [4.69, 9.17) is 6.54 Å². The van der Waals surface area contributed by atoms with Crippen LogP contribution < -0.4 is 0 Å². The summed E-state index contributed by atoms with van der Waals surface area (Å²) in [5, 5.41) is 13.1. The van der Waals surface area contributed by atoms with E-state index in [1.807, 2.05) is 0 Å². The number of aliphatic hydroxyl groups excluding tert-OH is 1. The van der Waals surface area contributed by atoms with Crippen molar-refractivity contribution in [2.24, 2.45) is 0 Å². The summed E-state index contributed by atoms with van der Waals surface area (Å²) >= 11 is 0. The number of carboxylic acid groups (broad SMARTS) is 1. The number of aliphatic carboxylic acids is 1. The molecule has 0 aromatic rings. The van der Waals surface area contributed by atoms with E-state index >= 15 is 0 Å². The van der Waals surface area contributed by atoms with E-state index in [0.717, 1.165) is 0 Å². The Labute approximate surface area is 77.5 Å². The SMILES string of the molecule is [2H]O[C@@H]1C[C@@H](C(=O)O)N(C(=O)CC)C1. The Balaban J connectivity index is 2.71. The number of carboxylic acids is 1. The van der Waals surface area contributed by atoms with Crippen molar-refractivity contribution >= 4 is 11.9 Å². The molecule has 5 heteroatoms. The largest absolute Gasteiger partial charge is 0.480 e. The second-order valence-electron chi connectivity index (χ2n) is 3.11. The molecule has 0 aromatic carbocycles. The van der Waals surface area contributed by atoms with Gasteiger partial charge in [0.2, 0.25) is 7.34 Å². The van der Waals surface area contributed by atoms with Crippen LogP contribution in [0.15, 0.2) is 0 Å². The summed E-state index contributed by atoms with van der Waals surface area (Å²) in [6, 6.07) is -0.835. The fraction of sp³-hybridized carbons (Fsp3) is 0.750. The predicted octanol–water partition coefficient (Wildman–Crippen LogP) is -0.557. The van der Waals surface area contributed by atoms with Gasteiger partial charge in [-0.3, -0.25) is 4.79 Å². The third-order valence-corrected chi connectivity index (χ3v) is 2.17. The van der Waals surface area contributed by atoms with Crippen LogP contribution in [-0.2, 0) is 9.59 Å². The van der Waals surface area contributed by atoms with E-state index < -0.39 is 18.1 Å². The van der Waals surface area contributed by atoms with E-state index in [-0.39, 0.29) is 25.3 Å².